The number of nitrogens with zero attached hydrogens (tertiary/aromatic N) is 3. The minimum absolute atomic E-state index is 0.159. The first-order valence-electron chi connectivity index (χ1n) is 12.0. The Labute approximate surface area is 196 Å². The summed E-state index contributed by atoms with van der Waals surface area (Å²) < 4.78 is 5.23. The molecule has 0 unspecified atom stereocenters. The zero-order valence-electron chi connectivity index (χ0n) is 20.2. The maximum absolute atomic E-state index is 12.5. The Morgan fingerprint density at radius 3 is 2.48 bits per heavy atom. The van der Waals surface area contributed by atoms with Gasteiger partial charge >= 0.3 is 6.03 Å². The van der Waals surface area contributed by atoms with Crippen LogP contribution in [-0.4, -0.2) is 49.3 Å². The van der Waals surface area contributed by atoms with Crippen molar-refractivity contribution < 1.29 is 9.53 Å². The van der Waals surface area contributed by atoms with Gasteiger partial charge in [0.25, 0.3) is 0 Å². The van der Waals surface area contributed by atoms with Crippen LogP contribution < -0.4 is 25.6 Å². The van der Waals surface area contributed by atoms with Crippen molar-refractivity contribution in [3.05, 3.63) is 35.0 Å². The van der Waals surface area contributed by atoms with Crippen molar-refractivity contribution in [2.24, 2.45) is 0 Å². The van der Waals surface area contributed by atoms with Gasteiger partial charge in [-0.05, 0) is 82.1 Å². The minimum Gasteiger partial charge on any atom is -0.497 e. The fraction of sp³-hybridized carbons (Fsp3) is 0.560. The average Bonchev–Trinajstić information content (AvgIpc) is 2.81. The Morgan fingerprint density at radius 2 is 1.79 bits per heavy atom. The van der Waals surface area contributed by atoms with Crippen LogP contribution in [0.3, 0.4) is 0 Å². The molecule has 1 fully saturated rings. The molecule has 1 aromatic carbocycles. The second kappa shape index (κ2) is 10.3. The van der Waals surface area contributed by atoms with Gasteiger partial charge in [0.2, 0.25) is 5.95 Å². The highest BCUT2D eigenvalue weighted by Gasteiger charge is 2.25. The van der Waals surface area contributed by atoms with Crippen LogP contribution in [0.25, 0.3) is 0 Å². The lowest BCUT2D eigenvalue weighted by Gasteiger charge is -2.30. The number of benzene rings is 1. The number of hydrogen-bond donors (Lipinski definition) is 3. The average molecular weight is 453 g/mol. The first kappa shape index (κ1) is 23.1. The Kier molecular flexibility index (Phi) is 7.20. The normalized spacial score (nSPS) is 19.9. The Hall–Kier alpha value is -3.03. The van der Waals surface area contributed by atoms with Crippen molar-refractivity contribution in [1.29, 1.82) is 0 Å². The molecular formula is C25H36N6O2. The quantitative estimate of drug-likeness (QED) is 0.606. The number of methoxy groups -OCH3 is 1. The predicted molar refractivity (Wildman–Crippen MR) is 133 cm³/mol. The maximum Gasteiger partial charge on any atom is 0.319 e. The van der Waals surface area contributed by atoms with Gasteiger partial charge in [0.15, 0.2) is 0 Å². The Morgan fingerprint density at radius 1 is 1.06 bits per heavy atom. The summed E-state index contributed by atoms with van der Waals surface area (Å²) in [6.45, 7) is 1.96. The summed E-state index contributed by atoms with van der Waals surface area (Å²) in [6, 6.07) is 5.97. The van der Waals surface area contributed by atoms with Crippen molar-refractivity contribution in [1.82, 2.24) is 15.3 Å². The number of carbonyl (C=O) groups excluding carboxylic acids is 1. The summed E-state index contributed by atoms with van der Waals surface area (Å²) in [7, 11) is 5.74. The zero-order valence-corrected chi connectivity index (χ0v) is 20.2. The predicted octanol–water partition coefficient (Wildman–Crippen LogP) is 4.28. The third-order valence-electron chi connectivity index (χ3n) is 6.66. The van der Waals surface area contributed by atoms with Gasteiger partial charge in [0.1, 0.15) is 11.6 Å². The van der Waals surface area contributed by atoms with Gasteiger partial charge in [-0.25, -0.2) is 9.78 Å². The van der Waals surface area contributed by atoms with Gasteiger partial charge in [-0.15, -0.1) is 0 Å². The molecule has 2 aromatic rings. The standard InChI is InChI=1S/C25H36N6O2/c1-16-15-19(33-4)13-14-21(16)29-25(32)27-18-11-9-17(10-12-18)26-24-28-22-8-6-5-7-20(22)23(30-24)31(2)3/h13-15,17-18H,5-12H2,1-4H3,(H,26,28,30)(H2,27,29,32)/t17-,18+. The summed E-state index contributed by atoms with van der Waals surface area (Å²) in [5.74, 6) is 2.57. The summed E-state index contributed by atoms with van der Waals surface area (Å²) in [5, 5.41) is 9.65. The highest BCUT2D eigenvalue weighted by molar-refractivity contribution is 5.90. The molecule has 2 aliphatic carbocycles. The summed E-state index contributed by atoms with van der Waals surface area (Å²) >= 11 is 0. The molecule has 2 aliphatic rings. The van der Waals surface area contributed by atoms with E-state index in [1.54, 1.807) is 7.11 Å². The molecule has 1 aromatic heterocycles. The van der Waals surface area contributed by atoms with E-state index in [2.05, 4.69) is 34.9 Å². The number of carbonyl (C=O) groups is 1. The van der Waals surface area contributed by atoms with Crippen molar-refractivity contribution in [3.63, 3.8) is 0 Å². The minimum atomic E-state index is -0.159. The monoisotopic (exact) mass is 452 g/mol. The summed E-state index contributed by atoms with van der Waals surface area (Å²) in [4.78, 5) is 24.3. The van der Waals surface area contributed by atoms with Crippen LogP contribution in [0.4, 0.5) is 22.2 Å². The van der Waals surface area contributed by atoms with Gasteiger partial charge < -0.3 is 25.6 Å². The van der Waals surface area contributed by atoms with Gasteiger partial charge in [-0.1, -0.05) is 0 Å². The number of ether oxygens (including phenoxy) is 1. The second-order valence-corrected chi connectivity index (χ2v) is 9.37. The summed E-state index contributed by atoms with van der Waals surface area (Å²) in [5.41, 5.74) is 4.27. The molecule has 0 atom stereocenters. The number of anilines is 3. The molecule has 8 heteroatoms. The van der Waals surface area contributed by atoms with E-state index in [0.29, 0.717) is 6.04 Å². The van der Waals surface area contributed by atoms with Crippen molar-refractivity contribution in [2.75, 3.05) is 36.7 Å². The molecule has 4 rings (SSSR count). The molecule has 2 amide bonds. The van der Waals surface area contributed by atoms with Crippen LogP contribution in [0.1, 0.15) is 55.3 Å². The molecule has 0 aliphatic heterocycles. The number of urea groups is 1. The number of nitrogens with one attached hydrogen (secondary N) is 3. The molecule has 0 spiro atoms. The lowest BCUT2D eigenvalue weighted by Crippen LogP contribution is -2.42. The molecule has 0 saturated heterocycles. The van der Waals surface area contributed by atoms with Crippen LogP contribution in [0.2, 0.25) is 0 Å². The third kappa shape index (κ3) is 5.67. The molecule has 0 bridgehead atoms. The number of rotatable bonds is 6. The topological polar surface area (TPSA) is 91.4 Å². The van der Waals surface area contributed by atoms with Gasteiger partial charge in [-0.2, -0.15) is 4.98 Å². The number of fused-ring (bicyclic) bond motifs is 1. The number of hydrogen-bond acceptors (Lipinski definition) is 6. The Balaban J connectivity index is 1.29. The highest BCUT2D eigenvalue weighted by atomic mass is 16.5. The molecular weight excluding hydrogens is 416 g/mol. The maximum atomic E-state index is 12.5. The first-order chi connectivity index (χ1) is 15.9. The zero-order chi connectivity index (χ0) is 23.4. The molecule has 0 radical (unpaired) electrons. The number of aromatic nitrogens is 2. The number of aryl methyl sites for hydroxylation is 2. The van der Waals surface area contributed by atoms with E-state index in [9.17, 15) is 4.79 Å². The fourth-order valence-electron chi connectivity index (χ4n) is 4.82. The SMILES string of the molecule is COc1ccc(NC(=O)N[C@H]2CC[C@@H](Nc3nc4c(c(N(C)C)n3)CCCC4)CC2)c(C)c1. The first-order valence-corrected chi connectivity index (χ1v) is 12.0. The van der Waals surface area contributed by atoms with Crippen LogP contribution in [0, 0.1) is 6.92 Å². The van der Waals surface area contributed by atoms with Gasteiger partial charge in [-0.3, -0.25) is 0 Å². The van der Waals surface area contributed by atoms with Crippen LogP contribution >= 0.6 is 0 Å². The van der Waals surface area contributed by atoms with E-state index in [4.69, 9.17) is 14.7 Å². The second-order valence-electron chi connectivity index (χ2n) is 9.37. The molecule has 178 valence electrons. The van der Waals surface area contributed by atoms with Crippen molar-refractivity contribution in [3.8, 4) is 5.75 Å². The van der Waals surface area contributed by atoms with E-state index in [-0.39, 0.29) is 12.1 Å². The fourth-order valence-corrected chi connectivity index (χ4v) is 4.82. The van der Waals surface area contributed by atoms with Gasteiger partial charge in [0.05, 0.1) is 12.8 Å². The smallest absolute Gasteiger partial charge is 0.319 e. The van der Waals surface area contributed by atoms with E-state index in [1.807, 2.05) is 25.1 Å². The van der Waals surface area contributed by atoms with Gasteiger partial charge in [0, 0.05) is 37.4 Å². The van der Waals surface area contributed by atoms with Crippen LogP contribution in [0.5, 0.6) is 5.75 Å². The lowest BCUT2D eigenvalue weighted by molar-refractivity contribution is 0.243. The molecule has 1 saturated carbocycles. The van der Waals surface area contributed by atoms with E-state index < -0.39 is 0 Å². The lowest BCUT2D eigenvalue weighted by atomic mass is 9.91. The highest BCUT2D eigenvalue weighted by Crippen LogP contribution is 2.29. The Bertz CT molecular complexity index is 985. The van der Waals surface area contributed by atoms with Crippen LogP contribution in [0.15, 0.2) is 18.2 Å². The van der Waals surface area contributed by atoms with Crippen molar-refractivity contribution in [2.45, 2.75) is 70.4 Å². The molecule has 8 nitrogen and oxygen atoms in total. The molecule has 1 heterocycles. The third-order valence-corrected chi connectivity index (χ3v) is 6.66. The summed E-state index contributed by atoms with van der Waals surface area (Å²) in [6.07, 6.45) is 8.33. The molecule has 3 N–H and O–H groups in total. The van der Waals surface area contributed by atoms with Crippen LogP contribution in [-0.2, 0) is 12.8 Å². The van der Waals surface area contributed by atoms with Crippen molar-refractivity contribution >= 4 is 23.5 Å². The number of amides is 2. The molecule has 33 heavy (non-hydrogen) atoms. The van der Waals surface area contributed by atoms with E-state index >= 15 is 0 Å². The van der Waals surface area contributed by atoms with E-state index in [0.717, 1.165) is 67.3 Å². The van der Waals surface area contributed by atoms with E-state index in [1.165, 1.54) is 24.1 Å². The largest absolute Gasteiger partial charge is 0.497 e.